The van der Waals surface area contributed by atoms with Crippen LogP contribution in [0.5, 0.6) is 0 Å². The van der Waals surface area contributed by atoms with Crippen LogP contribution >= 0.6 is 11.3 Å². The van der Waals surface area contributed by atoms with Crippen LogP contribution < -0.4 is 0 Å². The number of aryl methyl sites for hydroxylation is 1. The quantitative estimate of drug-likeness (QED) is 0.840. The lowest BCUT2D eigenvalue weighted by atomic mass is 9.95. The third-order valence-corrected chi connectivity index (χ3v) is 5.62. The number of piperidine rings is 1. The molecule has 2 atom stereocenters. The van der Waals surface area contributed by atoms with E-state index in [2.05, 4.69) is 28.9 Å². The normalized spacial score (nSPS) is 26.0. The fourth-order valence-electron chi connectivity index (χ4n) is 3.58. The van der Waals surface area contributed by atoms with Crippen molar-refractivity contribution in [1.82, 2.24) is 14.7 Å². The van der Waals surface area contributed by atoms with Crippen LogP contribution in [0.25, 0.3) is 0 Å². The fraction of sp³-hybridized carbons (Fsp3) is 0.688. The average Bonchev–Trinajstić information content (AvgIpc) is 2.67. The Kier molecular flexibility index (Phi) is 4.22. The van der Waals surface area contributed by atoms with E-state index in [9.17, 15) is 4.79 Å². The van der Waals surface area contributed by atoms with E-state index in [0.29, 0.717) is 12.0 Å². The Hall–Kier alpha value is -1.07. The molecule has 3 aliphatic heterocycles. The monoisotopic (exact) mass is 307 g/mol. The summed E-state index contributed by atoms with van der Waals surface area (Å²) in [6, 6.07) is 5.15. The molecule has 0 radical (unpaired) electrons. The Morgan fingerprint density at radius 2 is 2.10 bits per heavy atom. The van der Waals surface area contributed by atoms with Gasteiger partial charge >= 0.3 is 6.03 Å². The number of hydrogen-bond acceptors (Lipinski definition) is 3. The summed E-state index contributed by atoms with van der Waals surface area (Å²) in [4.78, 5) is 21.5. The van der Waals surface area contributed by atoms with Crippen molar-refractivity contribution in [1.29, 1.82) is 0 Å². The summed E-state index contributed by atoms with van der Waals surface area (Å²) >= 11 is 1.90. The molecule has 1 aromatic heterocycles. The number of amides is 2. The maximum Gasteiger partial charge on any atom is 0.319 e. The van der Waals surface area contributed by atoms with Crippen molar-refractivity contribution in [2.75, 3.05) is 33.7 Å². The number of nitrogens with zero attached hydrogens (tertiary/aromatic N) is 3. The van der Waals surface area contributed by atoms with Crippen LogP contribution in [-0.2, 0) is 6.54 Å². The lowest BCUT2D eigenvalue weighted by Crippen LogP contribution is -2.45. The number of fused-ring (bicyclic) bond motifs is 4. The van der Waals surface area contributed by atoms with E-state index in [4.69, 9.17) is 0 Å². The second-order valence-corrected chi connectivity index (χ2v) is 7.99. The Bertz CT molecular complexity index is 513. The van der Waals surface area contributed by atoms with Crippen molar-refractivity contribution in [2.24, 2.45) is 5.92 Å². The number of thiophene rings is 1. The number of hydrogen-bond donors (Lipinski definition) is 0. The van der Waals surface area contributed by atoms with E-state index in [1.165, 1.54) is 22.6 Å². The van der Waals surface area contributed by atoms with Gasteiger partial charge in [-0.2, -0.15) is 0 Å². The van der Waals surface area contributed by atoms with Crippen molar-refractivity contribution in [3.63, 3.8) is 0 Å². The predicted molar refractivity (Wildman–Crippen MR) is 86.6 cm³/mol. The second kappa shape index (κ2) is 5.97. The van der Waals surface area contributed by atoms with Crippen LogP contribution in [0.4, 0.5) is 4.79 Å². The largest absolute Gasteiger partial charge is 0.331 e. The molecular formula is C16H25N3OS. The first kappa shape index (κ1) is 14.9. The van der Waals surface area contributed by atoms with Gasteiger partial charge in [-0.15, -0.1) is 11.3 Å². The zero-order chi connectivity index (χ0) is 15.0. The highest BCUT2D eigenvalue weighted by Gasteiger charge is 2.36. The molecule has 0 aromatic carbocycles. The molecule has 4 rings (SSSR count). The highest BCUT2D eigenvalue weighted by Crippen LogP contribution is 2.30. The smallest absolute Gasteiger partial charge is 0.319 e. The molecule has 3 fully saturated rings. The summed E-state index contributed by atoms with van der Waals surface area (Å²) in [5.74, 6) is 0.633. The van der Waals surface area contributed by atoms with E-state index in [1.807, 2.05) is 25.4 Å². The molecule has 2 bridgehead atoms. The standard InChI is InChI=1S/C16H25N3OS/c1-12-4-7-15(21-12)11-18-8-13-5-6-14(18)10-19(9-13)16(20)17(2)3/h4,7,13-14H,5-6,8-11H2,1-3H3/t13-,14-/m0/s1. The zero-order valence-electron chi connectivity index (χ0n) is 13.2. The SMILES string of the molecule is Cc1ccc(CN2C[C@@H]3CC[C@H]2CN(C(=O)N(C)C)C3)s1. The Morgan fingerprint density at radius 1 is 1.29 bits per heavy atom. The Morgan fingerprint density at radius 3 is 2.76 bits per heavy atom. The molecule has 1 aromatic rings. The molecule has 0 unspecified atom stereocenters. The Labute approximate surface area is 131 Å². The third kappa shape index (κ3) is 3.24. The zero-order valence-corrected chi connectivity index (χ0v) is 14.0. The van der Waals surface area contributed by atoms with E-state index >= 15 is 0 Å². The molecule has 3 saturated heterocycles. The first-order valence-electron chi connectivity index (χ1n) is 7.78. The van der Waals surface area contributed by atoms with Gasteiger partial charge in [-0.1, -0.05) is 0 Å². The number of carbonyl (C=O) groups excluding carboxylic acids is 1. The molecule has 21 heavy (non-hydrogen) atoms. The number of urea groups is 1. The summed E-state index contributed by atoms with van der Waals surface area (Å²) in [6.45, 7) is 6.16. The van der Waals surface area contributed by atoms with Crippen molar-refractivity contribution < 1.29 is 4.79 Å². The molecule has 4 nitrogen and oxygen atoms in total. The van der Waals surface area contributed by atoms with Crippen LogP contribution in [0.2, 0.25) is 0 Å². The van der Waals surface area contributed by atoms with Crippen molar-refractivity contribution >= 4 is 17.4 Å². The van der Waals surface area contributed by atoms with Crippen molar-refractivity contribution in [3.05, 3.63) is 21.9 Å². The average molecular weight is 307 g/mol. The fourth-order valence-corrected chi connectivity index (χ4v) is 4.50. The summed E-state index contributed by atoms with van der Waals surface area (Å²) < 4.78 is 0. The third-order valence-electron chi connectivity index (χ3n) is 4.64. The minimum Gasteiger partial charge on any atom is -0.331 e. The lowest BCUT2D eigenvalue weighted by Gasteiger charge is -2.35. The Balaban J connectivity index is 1.70. The van der Waals surface area contributed by atoms with Crippen LogP contribution in [0.1, 0.15) is 22.6 Å². The van der Waals surface area contributed by atoms with Gasteiger partial charge in [0.2, 0.25) is 0 Å². The maximum absolute atomic E-state index is 12.3. The van der Waals surface area contributed by atoms with Crippen molar-refractivity contribution in [2.45, 2.75) is 32.4 Å². The highest BCUT2D eigenvalue weighted by atomic mass is 32.1. The molecule has 2 amide bonds. The summed E-state index contributed by atoms with van der Waals surface area (Å²) in [5.41, 5.74) is 0. The van der Waals surface area contributed by atoms with Crippen LogP contribution in [0.15, 0.2) is 12.1 Å². The highest BCUT2D eigenvalue weighted by molar-refractivity contribution is 7.11. The first-order valence-corrected chi connectivity index (χ1v) is 8.60. The molecule has 3 aliphatic rings. The molecule has 4 heterocycles. The van der Waals surface area contributed by atoms with E-state index in [-0.39, 0.29) is 6.03 Å². The minimum atomic E-state index is 0.167. The minimum absolute atomic E-state index is 0.167. The van der Waals surface area contributed by atoms with E-state index in [1.54, 1.807) is 4.90 Å². The van der Waals surface area contributed by atoms with Crippen molar-refractivity contribution in [3.8, 4) is 0 Å². The second-order valence-electron chi connectivity index (χ2n) is 6.62. The molecule has 5 heteroatoms. The number of carbonyl (C=O) groups is 1. The van der Waals surface area contributed by atoms with Crippen LogP contribution in [0.3, 0.4) is 0 Å². The molecule has 0 aliphatic carbocycles. The van der Waals surface area contributed by atoms with E-state index in [0.717, 1.165) is 26.2 Å². The lowest BCUT2D eigenvalue weighted by molar-refractivity contribution is 0.124. The first-order chi connectivity index (χ1) is 10.0. The molecule has 116 valence electrons. The van der Waals surface area contributed by atoms with Gasteiger partial charge in [-0.05, 0) is 37.8 Å². The van der Waals surface area contributed by atoms with Gasteiger partial charge < -0.3 is 9.80 Å². The maximum atomic E-state index is 12.3. The van der Waals surface area contributed by atoms with Gasteiger partial charge in [0.05, 0.1) is 0 Å². The van der Waals surface area contributed by atoms with Gasteiger partial charge in [-0.3, -0.25) is 4.90 Å². The van der Waals surface area contributed by atoms with Gasteiger partial charge in [-0.25, -0.2) is 4.79 Å². The van der Waals surface area contributed by atoms with Gasteiger partial charge in [0.25, 0.3) is 0 Å². The summed E-state index contributed by atoms with van der Waals surface area (Å²) in [7, 11) is 3.70. The van der Waals surface area contributed by atoms with Crippen LogP contribution in [-0.4, -0.2) is 60.5 Å². The summed E-state index contributed by atoms with van der Waals surface area (Å²) in [6.07, 6.45) is 2.49. The molecule has 0 N–H and O–H groups in total. The molecule has 0 spiro atoms. The number of rotatable bonds is 2. The summed E-state index contributed by atoms with van der Waals surface area (Å²) in [5, 5.41) is 0. The van der Waals surface area contributed by atoms with E-state index < -0.39 is 0 Å². The predicted octanol–water partition coefficient (Wildman–Crippen LogP) is 2.63. The molecular weight excluding hydrogens is 282 g/mol. The molecule has 0 saturated carbocycles. The topological polar surface area (TPSA) is 26.8 Å². The van der Waals surface area contributed by atoms with Gasteiger partial charge in [0, 0.05) is 56.1 Å². The van der Waals surface area contributed by atoms with Crippen LogP contribution in [0, 0.1) is 12.8 Å². The van der Waals surface area contributed by atoms with Gasteiger partial charge in [0.15, 0.2) is 0 Å². The van der Waals surface area contributed by atoms with Gasteiger partial charge in [0.1, 0.15) is 0 Å².